The molecule has 2 aromatic carbocycles. The van der Waals surface area contributed by atoms with Crippen LogP contribution in [0.5, 0.6) is 0 Å². The van der Waals surface area contributed by atoms with Crippen LogP contribution in [0.1, 0.15) is 37.9 Å². The molecule has 0 unspecified atom stereocenters. The first kappa shape index (κ1) is 23.4. The molecule has 0 saturated heterocycles. The number of carbonyl (C=O) groups is 2. The molecule has 0 aromatic heterocycles. The molecule has 0 aliphatic carbocycles. The number of nitrogens with zero attached hydrogens (tertiary/aromatic N) is 2. The standard InChI is InChI=1S/C24H33N3O3/c1-17(2)24(29)25-21-12-13-22(26(4)5)20(14-21)15-27(23(28)16-30-6)18(3)19-10-8-7-9-11-19/h7-14,17-18H,15-16H2,1-6H3,(H,25,29)/t18-/m0/s1. The lowest BCUT2D eigenvalue weighted by molar-refractivity contribution is -0.138. The Labute approximate surface area is 179 Å². The minimum absolute atomic E-state index is 0.0122. The summed E-state index contributed by atoms with van der Waals surface area (Å²) in [5, 5.41) is 2.95. The van der Waals surface area contributed by atoms with Crippen molar-refractivity contribution in [2.24, 2.45) is 5.92 Å². The van der Waals surface area contributed by atoms with Crippen LogP contribution in [0.2, 0.25) is 0 Å². The lowest BCUT2D eigenvalue weighted by Gasteiger charge is -2.31. The van der Waals surface area contributed by atoms with Crippen molar-refractivity contribution in [3.05, 3.63) is 59.7 Å². The normalized spacial score (nSPS) is 11.8. The summed E-state index contributed by atoms with van der Waals surface area (Å²) >= 11 is 0. The van der Waals surface area contributed by atoms with E-state index in [0.29, 0.717) is 6.54 Å². The summed E-state index contributed by atoms with van der Waals surface area (Å²) in [7, 11) is 5.46. The van der Waals surface area contributed by atoms with Gasteiger partial charge < -0.3 is 19.9 Å². The molecule has 2 rings (SSSR count). The van der Waals surface area contributed by atoms with Crippen LogP contribution >= 0.6 is 0 Å². The van der Waals surface area contributed by atoms with E-state index >= 15 is 0 Å². The van der Waals surface area contributed by atoms with Gasteiger partial charge in [-0.25, -0.2) is 0 Å². The van der Waals surface area contributed by atoms with E-state index in [1.165, 1.54) is 7.11 Å². The van der Waals surface area contributed by atoms with Gasteiger partial charge in [0.05, 0.1) is 6.04 Å². The largest absolute Gasteiger partial charge is 0.377 e. The second kappa shape index (κ2) is 10.8. The van der Waals surface area contributed by atoms with Crippen LogP contribution in [-0.4, -0.2) is 44.5 Å². The zero-order chi connectivity index (χ0) is 22.3. The van der Waals surface area contributed by atoms with Crippen molar-refractivity contribution >= 4 is 23.2 Å². The van der Waals surface area contributed by atoms with Crippen LogP contribution in [0.4, 0.5) is 11.4 Å². The molecule has 1 N–H and O–H groups in total. The molecule has 0 bridgehead atoms. The molecule has 2 amide bonds. The van der Waals surface area contributed by atoms with E-state index < -0.39 is 0 Å². The van der Waals surface area contributed by atoms with E-state index in [0.717, 1.165) is 22.5 Å². The third kappa shape index (κ3) is 6.07. The van der Waals surface area contributed by atoms with Crippen molar-refractivity contribution in [3.8, 4) is 0 Å². The van der Waals surface area contributed by atoms with Gasteiger partial charge in [0.1, 0.15) is 6.61 Å². The average molecular weight is 412 g/mol. The van der Waals surface area contributed by atoms with Crippen molar-refractivity contribution < 1.29 is 14.3 Å². The summed E-state index contributed by atoms with van der Waals surface area (Å²) in [5.74, 6) is -0.237. The van der Waals surface area contributed by atoms with E-state index in [9.17, 15) is 9.59 Å². The highest BCUT2D eigenvalue weighted by Crippen LogP contribution is 2.29. The summed E-state index contributed by atoms with van der Waals surface area (Å²) in [6.45, 7) is 6.15. The Bertz CT molecular complexity index is 850. The molecular formula is C24H33N3O3. The molecule has 162 valence electrons. The monoisotopic (exact) mass is 411 g/mol. The summed E-state index contributed by atoms with van der Waals surface area (Å²) in [6.07, 6.45) is 0. The van der Waals surface area contributed by atoms with Gasteiger partial charge in [-0.15, -0.1) is 0 Å². The van der Waals surface area contributed by atoms with Gasteiger partial charge in [-0.2, -0.15) is 0 Å². The Hall–Kier alpha value is -2.86. The number of ether oxygens (including phenoxy) is 1. The summed E-state index contributed by atoms with van der Waals surface area (Å²) < 4.78 is 5.13. The first-order chi connectivity index (χ1) is 14.2. The lowest BCUT2D eigenvalue weighted by atomic mass is 10.0. The fraction of sp³-hybridized carbons (Fsp3) is 0.417. The molecule has 0 fully saturated rings. The molecule has 0 aliphatic heterocycles. The number of benzene rings is 2. The average Bonchev–Trinajstić information content (AvgIpc) is 2.72. The van der Waals surface area contributed by atoms with Gasteiger partial charge in [-0.1, -0.05) is 44.2 Å². The maximum absolute atomic E-state index is 12.9. The molecule has 0 radical (unpaired) electrons. The maximum atomic E-state index is 12.9. The first-order valence-electron chi connectivity index (χ1n) is 10.2. The van der Waals surface area contributed by atoms with Gasteiger partial charge >= 0.3 is 0 Å². The summed E-state index contributed by atoms with van der Waals surface area (Å²) in [5.41, 5.74) is 3.72. The topological polar surface area (TPSA) is 61.9 Å². The number of nitrogens with one attached hydrogen (secondary N) is 1. The number of amides is 2. The van der Waals surface area contributed by atoms with E-state index in [-0.39, 0.29) is 30.4 Å². The molecule has 2 aromatic rings. The molecule has 0 saturated carbocycles. The van der Waals surface area contributed by atoms with Crippen LogP contribution in [-0.2, 0) is 20.9 Å². The highest BCUT2D eigenvalue weighted by Gasteiger charge is 2.23. The number of carbonyl (C=O) groups excluding carboxylic acids is 2. The highest BCUT2D eigenvalue weighted by molar-refractivity contribution is 5.92. The molecule has 30 heavy (non-hydrogen) atoms. The minimum Gasteiger partial charge on any atom is -0.377 e. The molecule has 0 heterocycles. The van der Waals surface area contributed by atoms with Crippen LogP contribution in [0, 0.1) is 5.92 Å². The molecular weight excluding hydrogens is 378 g/mol. The van der Waals surface area contributed by atoms with Crippen LogP contribution in [0.3, 0.4) is 0 Å². The summed E-state index contributed by atoms with van der Waals surface area (Å²) in [4.78, 5) is 28.9. The van der Waals surface area contributed by atoms with Crippen LogP contribution < -0.4 is 10.2 Å². The third-order valence-corrected chi connectivity index (χ3v) is 5.03. The minimum atomic E-state index is -0.127. The van der Waals surface area contributed by atoms with Gasteiger partial charge in [-0.3, -0.25) is 9.59 Å². The van der Waals surface area contributed by atoms with E-state index in [4.69, 9.17) is 4.74 Å². The smallest absolute Gasteiger partial charge is 0.249 e. The third-order valence-electron chi connectivity index (χ3n) is 5.03. The van der Waals surface area contributed by atoms with Crippen molar-refractivity contribution in [2.75, 3.05) is 38.0 Å². The molecule has 6 heteroatoms. The Morgan fingerprint density at radius 3 is 2.27 bits per heavy atom. The molecule has 1 atom stereocenters. The zero-order valence-corrected chi connectivity index (χ0v) is 18.8. The van der Waals surface area contributed by atoms with E-state index in [2.05, 4.69) is 5.32 Å². The van der Waals surface area contributed by atoms with Crippen molar-refractivity contribution in [2.45, 2.75) is 33.4 Å². The second-order valence-corrected chi connectivity index (χ2v) is 7.92. The SMILES string of the molecule is COCC(=O)N(Cc1cc(NC(=O)C(C)C)ccc1N(C)C)[C@@H](C)c1ccccc1. The fourth-order valence-electron chi connectivity index (χ4n) is 3.26. The van der Waals surface area contributed by atoms with Gasteiger partial charge in [0, 0.05) is 45.0 Å². The van der Waals surface area contributed by atoms with Crippen LogP contribution in [0.15, 0.2) is 48.5 Å². The quantitative estimate of drug-likeness (QED) is 0.675. The molecule has 6 nitrogen and oxygen atoms in total. The number of rotatable bonds is 9. The van der Waals surface area contributed by atoms with Crippen molar-refractivity contribution in [1.82, 2.24) is 4.90 Å². The number of anilines is 2. The predicted octanol–water partition coefficient (Wildman–Crippen LogP) is 4.08. The van der Waals surface area contributed by atoms with E-state index in [1.54, 1.807) is 0 Å². The van der Waals surface area contributed by atoms with Crippen molar-refractivity contribution in [1.29, 1.82) is 0 Å². The first-order valence-corrected chi connectivity index (χ1v) is 10.2. The fourth-order valence-corrected chi connectivity index (χ4v) is 3.26. The highest BCUT2D eigenvalue weighted by atomic mass is 16.5. The molecule has 0 spiro atoms. The maximum Gasteiger partial charge on any atom is 0.249 e. The number of hydrogen-bond acceptors (Lipinski definition) is 4. The van der Waals surface area contributed by atoms with Crippen LogP contribution in [0.25, 0.3) is 0 Å². The zero-order valence-electron chi connectivity index (χ0n) is 18.8. The Morgan fingerprint density at radius 2 is 1.70 bits per heavy atom. The molecule has 0 aliphatic rings. The Morgan fingerprint density at radius 1 is 1.03 bits per heavy atom. The predicted molar refractivity (Wildman–Crippen MR) is 122 cm³/mol. The number of hydrogen-bond donors (Lipinski definition) is 1. The van der Waals surface area contributed by atoms with Gasteiger partial charge in [-0.05, 0) is 36.2 Å². The van der Waals surface area contributed by atoms with E-state index in [1.807, 2.05) is 93.2 Å². The summed E-state index contributed by atoms with van der Waals surface area (Å²) in [6, 6.07) is 15.6. The lowest BCUT2D eigenvalue weighted by Crippen LogP contribution is -2.36. The Kier molecular flexibility index (Phi) is 8.42. The van der Waals surface area contributed by atoms with Crippen molar-refractivity contribution in [3.63, 3.8) is 0 Å². The van der Waals surface area contributed by atoms with Gasteiger partial charge in [0.2, 0.25) is 11.8 Å². The van der Waals surface area contributed by atoms with Gasteiger partial charge in [0.15, 0.2) is 0 Å². The second-order valence-electron chi connectivity index (χ2n) is 7.92. The van der Waals surface area contributed by atoms with Gasteiger partial charge in [0.25, 0.3) is 0 Å². The number of methoxy groups -OCH3 is 1. The Balaban J connectivity index is 2.41.